The molecule has 0 bridgehead atoms. The molecule has 1 aromatic carbocycles. The fraction of sp³-hybridized carbons (Fsp3) is 0.429. The van der Waals surface area contributed by atoms with Gasteiger partial charge in [0, 0.05) is 6.04 Å². The summed E-state index contributed by atoms with van der Waals surface area (Å²) >= 11 is 0. The van der Waals surface area contributed by atoms with Gasteiger partial charge in [0.15, 0.2) is 5.54 Å². The minimum absolute atomic E-state index is 0.148. The van der Waals surface area contributed by atoms with Crippen LogP contribution in [0.3, 0.4) is 0 Å². The maximum atomic E-state index is 11.8. The van der Waals surface area contributed by atoms with Crippen LogP contribution in [0.1, 0.15) is 31.4 Å². The van der Waals surface area contributed by atoms with Gasteiger partial charge in [0.1, 0.15) is 0 Å². The molecular formula is C14H17NO3. The second kappa shape index (κ2) is 4.44. The molecule has 18 heavy (non-hydrogen) atoms. The first-order valence-corrected chi connectivity index (χ1v) is 6.09. The molecule has 4 nitrogen and oxygen atoms in total. The van der Waals surface area contributed by atoms with Crippen molar-refractivity contribution in [1.29, 1.82) is 0 Å². The van der Waals surface area contributed by atoms with Crippen LogP contribution in [-0.2, 0) is 21.5 Å². The van der Waals surface area contributed by atoms with Gasteiger partial charge >= 0.3 is 5.97 Å². The number of carboxylic acids is 1. The number of rotatable bonds is 4. The van der Waals surface area contributed by atoms with Crippen LogP contribution in [0.4, 0.5) is 0 Å². The maximum absolute atomic E-state index is 11.8. The molecule has 0 fully saturated rings. The van der Waals surface area contributed by atoms with Crippen LogP contribution < -0.4 is 0 Å². The lowest BCUT2D eigenvalue weighted by Gasteiger charge is -2.38. The molecule has 1 atom stereocenters. The molecule has 1 amide bonds. The van der Waals surface area contributed by atoms with E-state index in [4.69, 9.17) is 0 Å². The Bertz CT molecular complexity index is 484. The maximum Gasteiger partial charge on any atom is 0.334 e. The molecule has 4 heteroatoms. The fourth-order valence-corrected chi connectivity index (χ4v) is 2.85. The third-order valence-electron chi connectivity index (χ3n) is 3.68. The minimum Gasteiger partial charge on any atom is -0.479 e. The number of hydrogen-bond acceptors (Lipinski definition) is 2. The summed E-state index contributed by atoms with van der Waals surface area (Å²) in [6.45, 7) is 3.67. The Balaban J connectivity index is 2.61. The summed E-state index contributed by atoms with van der Waals surface area (Å²) in [5.41, 5.74) is 0.567. The van der Waals surface area contributed by atoms with Crippen molar-refractivity contribution in [2.24, 2.45) is 0 Å². The number of fused-ring (bicyclic) bond motifs is 1. The first-order chi connectivity index (χ1) is 8.54. The Kier molecular flexibility index (Phi) is 3.11. The van der Waals surface area contributed by atoms with Gasteiger partial charge in [-0.2, -0.15) is 0 Å². The largest absolute Gasteiger partial charge is 0.479 e. The average Bonchev–Trinajstić information content (AvgIpc) is 2.71. The summed E-state index contributed by atoms with van der Waals surface area (Å²) in [6, 6.07) is 7.33. The van der Waals surface area contributed by atoms with Gasteiger partial charge in [-0.1, -0.05) is 24.3 Å². The van der Waals surface area contributed by atoms with E-state index in [1.165, 1.54) is 4.90 Å². The highest BCUT2D eigenvalue weighted by Crippen LogP contribution is 2.42. The van der Waals surface area contributed by atoms with Crippen molar-refractivity contribution in [3.05, 3.63) is 35.4 Å². The van der Waals surface area contributed by atoms with E-state index >= 15 is 0 Å². The van der Waals surface area contributed by atoms with Crippen molar-refractivity contribution in [2.45, 2.75) is 38.3 Å². The van der Waals surface area contributed by atoms with Crippen LogP contribution >= 0.6 is 0 Å². The molecule has 0 spiro atoms. The number of carbonyl (C=O) groups is 2. The minimum atomic E-state index is -1.20. The van der Waals surface area contributed by atoms with Crippen molar-refractivity contribution in [3.63, 3.8) is 0 Å². The Morgan fingerprint density at radius 3 is 2.67 bits per heavy atom. The van der Waals surface area contributed by atoms with E-state index in [2.05, 4.69) is 0 Å². The molecule has 0 aliphatic heterocycles. The number of carboxylic acid groups (broad SMARTS) is 1. The standard InChI is InChI=1S/C14H17NO3/c1-10(2)15(9-16)14(13(17)18)8-7-11-5-3-4-6-12(11)14/h3-6,9-10H,7-8H2,1-2H3,(H,17,18). The second-order valence-corrected chi connectivity index (χ2v) is 4.93. The van der Waals surface area contributed by atoms with Gasteiger partial charge in [0.2, 0.25) is 6.41 Å². The number of amides is 1. The predicted molar refractivity (Wildman–Crippen MR) is 67.1 cm³/mol. The van der Waals surface area contributed by atoms with E-state index in [0.717, 1.165) is 11.1 Å². The van der Waals surface area contributed by atoms with E-state index in [0.29, 0.717) is 19.3 Å². The Morgan fingerprint density at radius 2 is 2.11 bits per heavy atom. The van der Waals surface area contributed by atoms with E-state index in [-0.39, 0.29) is 6.04 Å². The topological polar surface area (TPSA) is 57.6 Å². The summed E-state index contributed by atoms with van der Waals surface area (Å²) in [5.74, 6) is -0.951. The zero-order chi connectivity index (χ0) is 13.3. The van der Waals surface area contributed by atoms with Gasteiger partial charge < -0.3 is 10.0 Å². The first-order valence-electron chi connectivity index (χ1n) is 6.09. The van der Waals surface area contributed by atoms with Crippen molar-refractivity contribution < 1.29 is 14.7 Å². The SMILES string of the molecule is CC(C)N(C=O)C1(C(=O)O)CCc2ccccc21. The summed E-state index contributed by atoms with van der Waals surface area (Å²) in [6.07, 6.45) is 1.79. The van der Waals surface area contributed by atoms with Gasteiger partial charge in [-0.3, -0.25) is 4.79 Å². The normalized spacial score (nSPS) is 21.7. The molecule has 2 rings (SSSR count). The van der Waals surface area contributed by atoms with Crippen molar-refractivity contribution in [1.82, 2.24) is 4.90 Å². The first kappa shape index (κ1) is 12.6. The van der Waals surface area contributed by atoms with Gasteiger partial charge in [-0.15, -0.1) is 0 Å². The molecule has 1 aliphatic rings. The molecule has 96 valence electrons. The molecular weight excluding hydrogens is 230 g/mol. The van der Waals surface area contributed by atoms with Crippen molar-refractivity contribution >= 4 is 12.4 Å². The van der Waals surface area contributed by atoms with E-state index in [9.17, 15) is 14.7 Å². The average molecular weight is 247 g/mol. The Morgan fingerprint density at radius 1 is 1.44 bits per heavy atom. The van der Waals surface area contributed by atoms with Gasteiger partial charge in [0.25, 0.3) is 0 Å². The predicted octanol–water partition coefficient (Wildman–Crippen LogP) is 1.78. The molecule has 1 N–H and O–H groups in total. The van der Waals surface area contributed by atoms with Crippen LogP contribution in [0.25, 0.3) is 0 Å². The lowest BCUT2D eigenvalue weighted by molar-refractivity contribution is -0.158. The zero-order valence-corrected chi connectivity index (χ0v) is 10.6. The highest BCUT2D eigenvalue weighted by atomic mass is 16.4. The van der Waals surface area contributed by atoms with Crippen molar-refractivity contribution in [3.8, 4) is 0 Å². The molecule has 1 unspecified atom stereocenters. The van der Waals surface area contributed by atoms with E-state index in [1.807, 2.05) is 38.1 Å². The zero-order valence-electron chi connectivity index (χ0n) is 10.6. The quantitative estimate of drug-likeness (QED) is 0.825. The molecule has 0 aromatic heterocycles. The van der Waals surface area contributed by atoms with E-state index < -0.39 is 11.5 Å². The monoisotopic (exact) mass is 247 g/mol. The molecule has 0 radical (unpaired) electrons. The second-order valence-electron chi connectivity index (χ2n) is 4.93. The molecule has 0 heterocycles. The summed E-state index contributed by atoms with van der Waals surface area (Å²) in [4.78, 5) is 24.5. The fourth-order valence-electron chi connectivity index (χ4n) is 2.85. The number of nitrogens with zero attached hydrogens (tertiary/aromatic N) is 1. The van der Waals surface area contributed by atoms with Crippen LogP contribution in [0.5, 0.6) is 0 Å². The molecule has 1 aromatic rings. The Labute approximate surface area is 106 Å². The van der Waals surface area contributed by atoms with Gasteiger partial charge in [-0.05, 0) is 37.8 Å². The number of benzene rings is 1. The van der Waals surface area contributed by atoms with Gasteiger partial charge in [-0.25, -0.2) is 4.79 Å². The molecule has 1 aliphatic carbocycles. The third-order valence-corrected chi connectivity index (χ3v) is 3.68. The van der Waals surface area contributed by atoms with Crippen LogP contribution in [0, 0.1) is 0 Å². The van der Waals surface area contributed by atoms with Crippen molar-refractivity contribution in [2.75, 3.05) is 0 Å². The highest BCUT2D eigenvalue weighted by Gasteiger charge is 2.50. The lowest BCUT2D eigenvalue weighted by atomic mass is 9.89. The highest BCUT2D eigenvalue weighted by molar-refractivity contribution is 5.85. The van der Waals surface area contributed by atoms with Gasteiger partial charge in [0.05, 0.1) is 0 Å². The number of carbonyl (C=O) groups excluding carboxylic acids is 1. The Hall–Kier alpha value is -1.84. The lowest BCUT2D eigenvalue weighted by Crippen LogP contribution is -2.53. The van der Waals surface area contributed by atoms with Crippen LogP contribution in [0.2, 0.25) is 0 Å². The van der Waals surface area contributed by atoms with E-state index in [1.54, 1.807) is 0 Å². The van der Waals surface area contributed by atoms with Crippen LogP contribution in [-0.4, -0.2) is 28.4 Å². The molecule has 0 saturated heterocycles. The third kappa shape index (κ3) is 1.60. The number of hydrogen-bond donors (Lipinski definition) is 1. The number of aryl methyl sites for hydroxylation is 1. The molecule has 0 saturated carbocycles. The summed E-state index contributed by atoms with van der Waals surface area (Å²) in [5, 5.41) is 9.66. The van der Waals surface area contributed by atoms with Crippen LogP contribution in [0.15, 0.2) is 24.3 Å². The summed E-state index contributed by atoms with van der Waals surface area (Å²) in [7, 11) is 0. The smallest absolute Gasteiger partial charge is 0.334 e. The number of aliphatic carboxylic acids is 1. The summed E-state index contributed by atoms with van der Waals surface area (Å²) < 4.78 is 0.